The summed E-state index contributed by atoms with van der Waals surface area (Å²) in [6.07, 6.45) is 2.28. The highest BCUT2D eigenvalue weighted by molar-refractivity contribution is 7.80. The van der Waals surface area contributed by atoms with Gasteiger partial charge in [0, 0.05) is 0 Å². The van der Waals surface area contributed by atoms with Crippen molar-refractivity contribution in [2.24, 2.45) is 17.2 Å². The minimum absolute atomic E-state index is 0.0377. The zero-order valence-corrected chi connectivity index (χ0v) is 9.96. The fourth-order valence-corrected chi connectivity index (χ4v) is 1.43. The summed E-state index contributed by atoms with van der Waals surface area (Å²) < 4.78 is 0. The van der Waals surface area contributed by atoms with Gasteiger partial charge in [-0.25, -0.2) is 0 Å². The van der Waals surface area contributed by atoms with Crippen LogP contribution in [0, 0.1) is 0 Å². The van der Waals surface area contributed by atoms with Crippen LogP contribution in [0.25, 0.3) is 0 Å². The maximum Gasteiger partial charge on any atom is 0.231 e. The topological polar surface area (TPSA) is 115 Å². The molecule has 16 heavy (non-hydrogen) atoms. The fraction of sp³-hybridized carbons (Fsp3) is 0.667. The van der Waals surface area contributed by atoms with Crippen LogP contribution in [0.4, 0.5) is 0 Å². The molecule has 0 heterocycles. The number of carbonyl (C=O) groups excluding carboxylic acids is 2. The molecular formula is C9H18N4O2S. The van der Waals surface area contributed by atoms with Gasteiger partial charge in [0.15, 0.2) is 0 Å². The molecule has 0 aliphatic heterocycles. The molecule has 0 atom stereocenters. The molecule has 0 saturated heterocycles. The predicted octanol–water partition coefficient (Wildman–Crippen LogP) is -1.28. The number of amides is 2. The van der Waals surface area contributed by atoms with E-state index in [1.165, 1.54) is 0 Å². The van der Waals surface area contributed by atoms with Crippen LogP contribution < -0.4 is 17.2 Å². The van der Waals surface area contributed by atoms with Crippen molar-refractivity contribution in [3.8, 4) is 0 Å². The average molecular weight is 246 g/mol. The minimum atomic E-state index is -0.476. The standard InChI is InChI=1S/C9H18N4O2S/c10-7(14)5-13(6-8(11)15)4-2-1-3-9(12)16/h1-6H2,(H2,10,14)(H2,11,15)(H2,12,16). The molecule has 0 aromatic rings. The Balaban J connectivity index is 3.86. The van der Waals surface area contributed by atoms with Crippen LogP contribution in [-0.4, -0.2) is 41.3 Å². The lowest BCUT2D eigenvalue weighted by Crippen LogP contribution is -2.40. The number of carbonyl (C=O) groups is 2. The lowest BCUT2D eigenvalue weighted by atomic mass is 10.2. The van der Waals surface area contributed by atoms with Crippen LogP contribution >= 0.6 is 12.2 Å². The Morgan fingerprint density at radius 1 is 1.00 bits per heavy atom. The molecule has 0 rings (SSSR count). The number of unbranched alkanes of at least 4 members (excludes halogenated alkanes) is 1. The Morgan fingerprint density at radius 2 is 1.50 bits per heavy atom. The van der Waals surface area contributed by atoms with Gasteiger partial charge in [-0.1, -0.05) is 12.2 Å². The number of hydrogen-bond acceptors (Lipinski definition) is 4. The zero-order valence-electron chi connectivity index (χ0n) is 9.15. The molecule has 0 aromatic carbocycles. The molecule has 0 radical (unpaired) electrons. The summed E-state index contributed by atoms with van der Waals surface area (Å²) in [6, 6.07) is 0. The van der Waals surface area contributed by atoms with Gasteiger partial charge < -0.3 is 17.2 Å². The van der Waals surface area contributed by atoms with E-state index in [4.69, 9.17) is 29.4 Å². The highest BCUT2D eigenvalue weighted by Crippen LogP contribution is 1.98. The summed E-state index contributed by atoms with van der Waals surface area (Å²) in [5.74, 6) is -0.953. The summed E-state index contributed by atoms with van der Waals surface area (Å²) in [7, 11) is 0. The highest BCUT2D eigenvalue weighted by atomic mass is 32.1. The molecule has 6 nitrogen and oxygen atoms in total. The van der Waals surface area contributed by atoms with Crippen molar-refractivity contribution in [1.29, 1.82) is 0 Å². The van der Waals surface area contributed by atoms with Crippen LogP contribution in [0.5, 0.6) is 0 Å². The van der Waals surface area contributed by atoms with E-state index >= 15 is 0 Å². The van der Waals surface area contributed by atoms with Gasteiger partial charge >= 0.3 is 0 Å². The summed E-state index contributed by atoms with van der Waals surface area (Å²) >= 11 is 4.73. The molecule has 0 aliphatic rings. The molecule has 92 valence electrons. The molecular weight excluding hydrogens is 228 g/mol. The predicted molar refractivity (Wildman–Crippen MR) is 65.5 cm³/mol. The second-order valence-corrected chi connectivity index (χ2v) is 4.09. The van der Waals surface area contributed by atoms with Crippen molar-refractivity contribution in [3.63, 3.8) is 0 Å². The van der Waals surface area contributed by atoms with Gasteiger partial charge in [-0.2, -0.15) is 0 Å². The first-order chi connectivity index (χ1) is 7.41. The van der Waals surface area contributed by atoms with Crippen molar-refractivity contribution < 1.29 is 9.59 Å². The van der Waals surface area contributed by atoms with Gasteiger partial charge in [-0.15, -0.1) is 0 Å². The van der Waals surface area contributed by atoms with Crippen molar-refractivity contribution >= 4 is 29.0 Å². The molecule has 0 spiro atoms. The highest BCUT2D eigenvalue weighted by Gasteiger charge is 2.10. The van der Waals surface area contributed by atoms with Gasteiger partial charge in [-0.05, 0) is 25.8 Å². The van der Waals surface area contributed by atoms with E-state index in [0.29, 0.717) is 18.0 Å². The van der Waals surface area contributed by atoms with E-state index in [0.717, 1.165) is 12.8 Å². The Hall–Kier alpha value is -1.21. The number of thiocarbonyl (C=S) groups is 1. The van der Waals surface area contributed by atoms with Crippen molar-refractivity contribution in [2.45, 2.75) is 19.3 Å². The maximum absolute atomic E-state index is 10.7. The lowest BCUT2D eigenvalue weighted by Gasteiger charge is -2.18. The SMILES string of the molecule is NC(=O)CN(CCCCC(N)=S)CC(N)=O. The van der Waals surface area contributed by atoms with Crippen LogP contribution in [0.3, 0.4) is 0 Å². The molecule has 0 fully saturated rings. The van der Waals surface area contributed by atoms with Gasteiger partial charge in [0.05, 0.1) is 18.1 Å². The van der Waals surface area contributed by atoms with E-state index < -0.39 is 11.8 Å². The monoisotopic (exact) mass is 246 g/mol. The third kappa shape index (κ3) is 9.35. The maximum atomic E-state index is 10.7. The van der Waals surface area contributed by atoms with Crippen molar-refractivity contribution in [3.05, 3.63) is 0 Å². The second-order valence-electron chi connectivity index (χ2n) is 3.57. The molecule has 0 unspecified atom stereocenters. The number of nitrogens with two attached hydrogens (primary N) is 3. The molecule has 0 aromatic heterocycles. The number of rotatable bonds is 9. The third-order valence-corrected chi connectivity index (χ3v) is 2.11. The van der Waals surface area contributed by atoms with Gasteiger partial charge in [0.1, 0.15) is 0 Å². The largest absolute Gasteiger partial charge is 0.393 e. The summed E-state index contributed by atoms with van der Waals surface area (Å²) in [4.78, 5) is 23.5. The van der Waals surface area contributed by atoms with Crippen LogP contribution in [0.15, 0.2) is 0 Å². The van der Waals surface area contributed by atoms with E-state index in [2.05, 4.69) is 0 Å². The zero-order chi connectivity index (χ0) is 12.6. The van der Waals surface area contributed by atoms with Gasteiger partial charge in [-0.3, -0.25) is 14.5 Å². The van der Waals surface area contributed by atoms with Gasteiger partial charge in [0.25, 0.3) is 0 Å². The molecule has 6 N–H and O–H groups in total. The smallest absolute Gasteiger partial charge is 0.231 e. The number of hydrogen-bond donors (Lipinski definition) is 3. The molecule has 7 heteroatoms. The summed E-state index contributed by atoms with van der Waals surface area (Å²) in [6.45, 7) is 0.653. The van der Waals surface area contributed by atoms with E-state index in [1.54, 1.807) is 4.90 Å². The Labute approximate surface area is 100 Å². The minimum Gasteiger partial charge on any atom is -0.393 e. The molecule has 0 saturated carbocycles. The quantitative estimate of drug-likeness (QED) is 0.346. The average Bonchev–Trinajstić information content (AvgIpc) is 2.09. The Bertz CT molecular complexity index is 254. The van der Waals surface area contributed by atoms with E-state index in [-0.39, 0.29) is 13.1 Å². The first-order valence-corrected chi connectivity index (χ1v) is 5.40. The fourth-order valence-electron chi connectivity index (χ4n) is 1.29. The third-order valence-electron chi connectivity index (χ3n) is 1.91. The Kier molecular flexibility index (Phi) is 7.40. The van der Waals surface area contributed by atoms with Crippen LogP contribution in [-0.2, 0) is 9.59 Å². The van der Waals surface area contributed by atoms with E-state index in [9.17, 15) is 9.59 Å². The van der Waals surface area contributed by atoms with Gasteiger partial charge in [0.2, 0.25) is 11.8 Å². The number of primary amides is 2. The normalized spacial score (nSPS) is 10.3. The van der Waals surface area contributed by atoms with Crippen molar-refractivity contribution in [2.75, 3.05) is 19.6 Å². The molecule has 0 bridgehead atoms. The summed E-state index contributed by atoms with van der Waals surface area (Å²) in [5.41, 5.74) is 15.4. The van der Waals surface area contributed by atoms with Crippen LogP contribution in [0.1, 0.15) is 19.3 Å². The number of nitrogens with zero attached hydrogens (tertiary/aromatic N) is 1. The second kappa shape index (κ2) is 8.00. The lowest BCUT2D eigenvalue weighted by molar-refractivity contribution is -0.121. The molecule has 0 aliphatic carbocycles. The Morgan fingerprint density at radius 3 is 1.88 bits per heavy atom. The van der Waals surface area contributed by atoms with E-state index in [1.807, 2.05) is 0 Å². The van der Waals surface area contributed by atoms with Crippen LogP contribution in [0.2, 0.25) is 0 Å². The van der Waals surface area contributed by atoms with Crippen molar-refractivity contribution in [1.82, 2.24) is 4.90 Å². The summed E-state index contributed by atoms with van der Waals surface area (Å²) in [5, 5.41) is 0. The first-order valence-electron chi connectivity index (χ1n) is 4.99. The first kappa shape index (κ1) is 14.8. The molecule has 2 amide bonds.